The number of methoxy groups -OCH3 is 1. The van der Waals surface area contributed by atoms with E-state index in [1.165, 1.54) is 5.56 Å². The normalized spacial score (nSPS) is 11.1. The van der Waals surface area contributed by atoms with Crippen LogP contribution in [0.25, 0.3) is 0 Å². The molecule has 1 heterocycles. The third-order valence-corrected chi connectivity index (χ3v) is 4.22. The predicted octanol–water partition coefficient (Wildman–Crippen LogP) is 2.93. The van der Waals surface area contributed by atoms with Crippen LogP contribution in [0.1, 0.15) is 36.8 Å². The van der Waals surface area contributed by atoms with E-state index in [1.54, 1.807) is 18.9 Å². The van der Waals surface area contributed by atoms with E-state index in [4.69, 9.17) is 10.5 Å². The maximum atomic E-state index is 5.72. The number of thioether (sulfide) groups is 1. The van der Waals surface area contributed by atoms with Gasteiger partial charge in [0.05, 0.1) is 13.7 Å². The van der Waals surface area contributed by atoms with Crippen molar-refractivity contribution >= 4 is 11.8 Å². The summed E-state index contributed by atoms with van der Waals surface area (Å²) >= 11 is 1.66. The standard InChI is InChI=1S/C15H22N4OS/c1-10(2)19-14(8-16)17-18-15(19)21-9-12-7-11(3)5-6-13(12)20-4/h5-7,10H,8-9,16H2,1-4H3. The molecular formula is C15H22N4OS. The van der Waals surface area contributed by atoms with Crippen LogP contribution in [0.4, 0.5) is 0 Å². The van der Waals surface area contributed by atoms with Crippen molar-refractivity contribution in [3.05, 3.63) is 35.2 Å². The Bertz CT molecular complexity index is 610. The summed E-state index contributed by atoms with van der Waals surface area (Å²) in [6.45, 7) is 6.70. The van der Waals surface area contributed by atoms with Crippen molar-refractivity contribution in [2.75, 3.05) is 7.11 Å². The summed E-state index contributed by atoms with van der Waals surface area (Å²) in [7, 11) is 1.70. The highest BCUT2D eigenvalue weighted by Crippen LogP contribution is 2.29. The summed E-state index contributed by atoms with van der Waals surface area (Å²) in [6, 6.07) is 6.49. The molecule has 1 aromatic heterocycles. The van der Waals surface area contributed by atoms with Gasteiger partial charge in [0.15, 0.2) is 5.16 Å². The monoisotopic (exact) mass is 306 g/mol. The molecule has 114 valence electrons. The lowest BCUT2D eigenvalue weighted by molar-refractivity contribution is 0.411. The van der Waals surface area contributed by atoms with E-state index in [0.717, 1.165) is 28.0 Å². The second-order valence-corrected chi connectivity index (χ2v) is 6.11. The number of aryl methyl sites for hydroxylation is 1. The molecule has 0 atom stereocenters. The van der Waals surface area contributed by atoms with Crippen molar-refractivity contribution in [2.45, 2.75) is 44.3 Å². The van der Waals surface area contributed by atoms with Crippen molar-refractivity contribution in [3.63, 3.8) is 0 Å². The van der Waals surface area contributed by atoms with Crippen LogP contribution in [-0.4, -0.2) is 21.9 Å². The van der Waals surface area contributed by atoms with Gasteiger partial charge in [-0.1, -0.05) is 29.5 Å². The molecule has 6 heteroatoms. The number of hydrogen-bond donors (Lipinski definition) is 1. The Balaban J connectivity index is 2.21. The molecule has 0 unspecified atom stereocenters. The van der Waals surface area contributed by atoms with Gasteiger partial charge < -0.3 is 15.0 Å². The quantitative estimate of drug-likeness (QED) is 0.831. The van der Waals surface area contributed by atoms with Crippen molar-refractivity contribution in [3.8, 4) is 5.75 Å². The molecule has 0 aliphatic carbocycles. The molecule has 0 radical (unpaired) electrons. The number of rotatable bonds is 6. The van der Waals surface area contributed by atoms with Crippen LogP contribution >= 0.6 is 11.8 Å². The van der Waals surface area contributed by atoms with Gasteiger partial charge in [-0.15, -0.1) is 10.2 Å². The average Bonchev–Trinajstić information content (AvgIpc) is 2.88. The first-order valence-corrected chi connectivity index (χ1v) is 7.95. The fourth-order valence-electron chi connectivity index (χ4n) is 2.23. The molecule has 0 aliphatic heterocycles. The van der Waals surface area contributed by atoms with E-state index in [0.29, 0.717) is 12.6 Å². The van der Waals surface area contributed by atoms with Gasteiger partial charge in [0.2, 0.25) is 0 Å². The molecule has 0 amide bonds. The topological polar surface area (TPSA) is 66.0 Å². The highest BCUT2D eigenvalue weighted by molar-refractivity contribution is 7.98. The van der Waals surface area contributed by atoms with Crippen LogP contribution < -0.4 is 10.5 Å². The summed E-state index contributed by atoms with van der Waals surface area (Å²) in [5, 5.41) is 9.32. The second-order valence-electron chi connectivity index (χ2n) is 5.17. The Hall–Kier alpha value is -1.53. The maximum absolute atomic E-state index is 5.72. The Morgan fingerprint density at radius 2 is 2.10 bits per heavy atom. The third-order valence-electron chi connectivity index (χ3n) is 3.23. The summed E-state index contributed by atoms with van der Waals surface area (Å²) < 4.78 is 7.51. The van der Waals surface area contributed by atoms with Gasteiger partial charge in [-0.05, 0) is 26.8 Å². The summed E-state index contributed by atoms with van der Waals surface area (Å²) in [4.78, 5) is 0. The zero-order valence-electron chi connectivity index (χ0n) is 13.0. The fourth-order valence-corrected chi connectivity index (χ4v) is 3.29. The van der Waals surface area contributed by atoms with E-state index in [9.17, 15) is 0 Å². The lowest BCUT2D eigenvalue weighted by Crippen LogP contribution is -2.11. The molecule has 0 bridgehead atoms. The first-order valence-electron chi connectivity index (χ1n) is 6.97. The van der Waals surface area contributed by atoms with E-state index in [1.807, 2.05) is 6.07 Å². The Morgan fingerprint density at radius 1 is 1.33 bits per heavy atom. The van der Waals surface area contributed by atoms with Crippen molar-refractivity contribution in [1.82, 2.24) is 14.8 Å². The molecule has 1 aromatic carbocycles. The van der Waals surface area contributed by atoms with E-state index < -0.39 is 0 Å². The zero-order valence-corrected chi connectivity index (χ0v) is 13.8. The molecule has 0 aliphatic rings. The van der Waals surface area contributed by atoms with Crippen LogP contribution in [0.15, 0.2) is 23.4 Å². The first-order chi connectivity index (χ1) is 10.1. The van der Waals surface area contributed by atoms with Gasteiger partial charge >= 0.3 is 0 Å². The molecule has 5 nitrogen and oxygen atoms in total. The van der Waals surface area contributed by atoms with E-state index in [2.05, 4.69) is 47.7 Å². The van der Waals surface area contributed by atoms with Gasteiger partial charge in [-0.3, -0.25) is 0 Å². The van der Waals surface area contributed by atoms with Crippen molar-refractivity contribution in [1.29, 1.82) is 0 Å². The molecule has 0 saturated heterocycles. The van der Waals surface area contributed by atoms with Crippen molar-refractivity contribution < 1.29 is 4.74 Å². The summed E-state index contributed by atoms with van der Waals surface area (Å²) in [6.07, 6.45) is 0. The van der Waals surface area contributed by atoms with Crippen LogP contribution in [0.5, 0.6) is 5.75 Å². The minimum Gasteiger partial charge on any atom is -0.496 e. The smallest absolute Gasteiger partial charge is 0.191 e. The molecule has 2 aromatic rings. The molecule has 0 fully saturated rings. The van der Waals surface area contributed by atoms with E-state index >= 15 is 0 Å². The first kappa shape index (κ1) is 15.9. The molecule has 2 rings (SSSR count). The number of hydrogen-bond acceptors (Lipinski definition) is 5. The second kappa shape index (κ2) is 6.95. The van der Waals surface area contributed by atoms with Crippen LogP contribution in [0, 0.1) is 6.92 Å². The summed E-state index contributed by atoms with van der Waals surface area (Å²) in [5.74, 6) is 2.52. The summed E-state index contributed by atoms with van der Waals surface area (Å²) in [5.41, 5.74) is 8.11. The third kappa shape index (κ3) is 3.57. The zero-order chi connectivity index (χ0) is 15.4. The minimum absolute atomic E-state index is 0.292. The fraction of sp³-hybridized carbons (Fsp3) is 0.467. The maximum Gasteiger partial charge on any atom is 0.191 e. The Kier molecular flexibility index (Phi) is 5.25. The largest absolute Gasteiger partial charge is 0.496 e. The van der Waals surface area contributed by atoms with Gasteiger partial charge in [0.25, 0.3) is 0 Å². The van der Waals surface area contributed by atoms with Crippen LogP contribution in [-0.2, 0) is 12.3 Å². The number of nitrogens with two attached hydrogens (primary N) is 1. The van der Waals surface area contributed by atoms with Gasteiger partial charge in [0, 0.05) is 17.4 Å². The highest BCUT2D eigenvalue weighted by Gasteiger charge is 2.15. The van der Waals surface area contributed by atoms with Crippen LogP contribution in [0.2, 0.25) is 0 Å². The Morgan fingerprint density at radius 3 is 2.71 bits per heavy atom. The number of aromatic nitrogens is 3. The highest BCUT2D eigenvalue weighted by atomic mass is 32.2. The van der Waals surface area contributed by atoms with E-state index in [-0.39, 0.29) is 0 Å². The van der Waals surface area contributed by atoms with Crippen molar-refractivity contribution in [2.24, 2.45) is 5.73 Å². The predicted molar refractivity (Wildman–Crippen MR) is 85.6 cm³/mol. The molecule has 0 saturated carbocycles. The minimum atomic E-state index is 0.292. The number of nitrogens with zero attached hydrogens (tertiary/aromatic N) is 3. The average molecular weight is 306 g/mol. The molecular weight excluding hydrogens is 284 g/mol. The lowest BCUT2D eigenvalue weighted by atomic mass is 10.1. The Labute approximate surface area is 129 Å². The van der Waals surface area contributed by atoms with Gasteiger partial charge in [0.1, 0.15) is 11.6 Å². The number of ether oxygens (including phenoxy) is 1. The lowest BCUT2D eigenvalue weighted by Gasteiger charge is -2.13. The molecule has 2 N–H and O–H groups in total. The van der Waals surface area contributed by atoms with Gasteiger partial charge in [-0.25, -0.2) is 0 Å². The SMILES string of the molecule is COc1ccc(C)cc1CSc1nnc(CN)n1C(C)C. The number of benzene rings is 1. The van der Waals surface area contributed by atoms with Crippen LogP contribution in [0.3, 0.4) is 0 Å². The molecule has 0 spiro atoms. The van der Waals surface area contributed by atoms with Gasteiger partial charge in [-0.2, -0.15) is 0 Å². The molecule has 21 heavy (non-hydrogen) atoms.